The number of hydrogen-bond acceptors (Lipinski definition) is 2. The molecule has 0 aromatic rings. The van der Waals surface area contributed by atoms with Crippen LogP contribution in [-0.4, -0.2) is 41.1 Å². The third-order valence-electron chi connectivity index (χ3n) is 2.96. The summed E-state index contributed by atoms with van der Waals surface area (Å²) in [6.07, 6.45) is 5.21. The summed E-state index contributed by atoms with van der Waals surface area (Å²) < 4.78 is 0. The molecule has 2 nitrogen and oxygen atoms in total. The summed E-state index contributed by atoms with van der Waals surface area (Å²) in [5.41, 5.74) is 0. The third kappa shape index (κ3) is 4.76. The van der Waals surface area contributed by atoms with E-state index in [0.717, 1.165) is 23.8 Å². The van der Waals surface area contributed by atoms with Crippen molar-refractivity contribution < 1.29 is 5.11 Å². The first-order chi connectivity index (χ1) is 6.77. The minimum absolute atomic E-state index is 0.309. The van der Waals surface area contributed by atoms with E-state index in [2.05, 4.69) is 27.8 Å². The molecule has 0 heterocycles. The fourth-order valence-electron chi connectivity index (χ4n) is 1.76. The van der Waals surface area contributed by atoms with E-state index >= 15 is 0 Å². The molecule has 3 heteroatoms. The van der Waals surface area contributed by atoms with Crippen molar-refractivity contribution in [1.29, 1.82) is 0 Å². The van der Waals surface area contributed by atoms with Crippen LogP contribution in [-0.2, 0) is 0 Å². The first-order valence-corrected chi connectivity index (χ1v) is 6.81. The summed E-state index contributed by atoms with van der Waals surface area (Å²) in [5, 5.41) is 10.0. The van der Waals surface area contributed by atoms with E-state index in [0.29, 0.717) is 6.61 Å². The van der Waals surface area contributed by atoms with E-state index in [1.165, 1.54) is 32.2 Å². The molecule has 0 saturated heterocycles. The molecule has 1 unspecified atom stereocenters. The Balaban J connectivity index is 2.12. The van der Waals surface area contributed by atoms with Crippen LogP contribution in [0.1, 0.15) is 32.6 Å². The van der Waals surface area contributed by atoms with Crippen molar-refractivity contribution in [3.8, 4) is 0 Å². The number of halogens is 1. The number of aliphatic hydroxyl groups is 1. The molecule has 1 saturated carbocycles. The lowest BCUT2D eigenvalue weighted by molar-refractivity contribution is 0.181. The zero-order chi connectivity index (χ0) is 10.4. The highest BCUT2D eigenvalue weighted by molar-refractivity contribution is 9.09. The molecule has 1 N–H and O–H groups in total. The average molecular weight is 264 g/mol. The summed E-state index contributed by atoms with van der Waals surface area (Å²) in [6, 6.07) is 0.790. The quantitative estimate of drug-likeness (QED) is 0.680. The largest absolute Gasteiger partial charge is 0.395 e. The minimum atomic E-state index is 0.309. The smallest absolute Gasteiger partial charge is 0.0558 e. The molecule has 1 rings (SSSR count). The number of rotatable bonds is 8. The first-order valence-electron chi connectivity index (χ1n) is 5.68. The topological polar surface area (TPSA) is 23.5 Å². The van der Waals surface area contributed by atoms with Crippen LogP contribution < -0.4 is 0 Å². The Morgan fingerprint density at radius 2 is 2.07 bits per heavy atom. The van der Waals surface area contributed by atoms with Crippen molar-refractivity contribution in [1.82, 2.24) is 4.90 Å². The normalized spacial score (nSPS) is 18.9. The maximum Gasteiger partial charge on any atom is 0.0558 e. The highest BCUT2D eigenvalue weighted by Gasteiger charge is 2.28. The SMILES string of the molecule is CC(CCBr)CCN(CCO)C1CC1. The van der Waals surface area contributed by atoms with Crippen molar-refractivity contribution in [2.45, 2.75) is 38.6 Å². The molecule has 0 amide bonds. The van der Waals surface area contributed by atoms with Gasteiger partial charge in [0, 0.05) is 17.9 Å². The van der Waals surface area contributed by atoms with Gasteiger partial charge in [0.25, 0.3) is 0 Å². The molecule has 1 atom stereocenters. The maximum atomic E-state index is 8.93. The van der Waals surface area contributed by atoms with Crippen LogP contribution in [0.2, 0.25) is 0 Å². The molecular formula is C11H22BrNO. The molecule has 84 valence electrons. The van der Waals surface area contributed by atoms with Gasteiger partial charge < -0.3 is 5.11 Å². The second kappa shape index (κ2) is 6.81. The van der Waals surface area contributed by atoms with Gasteiger partial charge in [-0.05, 0) is 38.1 Å². The van der Waals surface area contributed by atoms with E-state index in [4.69, 9.17) is 5.11 Å². The van der Waals surface area contributed by atoms with Crippen molar-refractivity contribution in [2.24, 2.45) is 5.92 Å². The van der Waals surface area contributed by atoms with E-state index in [9.17, 15) is 0 Å². The average Bonchev–Trinajstić information content (AvgIpc) is 2.96. The standard InChI is InChI=1S/C11H22BrNO/c1-10(4-6-12)5-7-13(8-9-14)11-2-3-11/h10-11,14H,2-9H2,1H3. The molecule has 0 radical (unpaired) electrons. The van der Waals surface area contributed by atoms with Gasteiger partial charge in [-0.1, -0.05) is 22.9 Å². The van der Waals surface area contributed by atoms with Gasteiger partial charge in [-0.2, -0.15) is 0 Å². The van der Waals surface area contributed by atoms with Crippen LogP contribution in [0.4, 0.5) is 0 Å². The fourth-order valence-corrected chi connectivity index (χ4v) is 2.54. The van der Waals surface area contributed by atoms with Gasteiger partial charge in [-0.3, -0.25) is 4.90 Å². The molecule has 1 fully saturated rings. The summed E-state index contributed by atoms with van der Waals surface area (Å²) in [5.74, 6) is 0.800. The van der Waals surface area contributed by atoms with E-state index < -0.39 is 0 Å². The van der Waals surface area contributed by atoms with Gasteiger partial charge >= 0.3 is 0 Å². The van der Waals surface area contributed by atoms with Gasteiger partial charge in [-0.25, -0.2) is 0 Å². The maximum absolute atomic E-state index is 8.93. The number of alkyl halides is 1. The van der Waals surface area contributed by atoms with Crippen molar-refractivity contribution in [2.75, 3.05) is 25.0 Å². The van der Waals surface area contributed by atoms with Crippen molar-refractivity contribution in [3.63, 3.8) is 0 Å². The predicted octanol–water partition coefficient (Wildman–Crippen LogP) is 2.25. The summed E-state index contributed by atoms with van der Waals surface area (Å²) >= 11 is 3.48. The van der Waals surface area contributed by atoms with Crippen LogP contribution >= 0.6 is 15.9 Å². The molecule has 1 aliphatic rings. The lowest BCUT2D eigenvalue weighted by Crippen LogP contribution is -2.31. The summed E-state index contributed by atoms with van der Waals surface area (Å²) in [4.78, 5) is 2.45. The van der Waals surface area contributed by atoms with Crippen molar-refractivity contribution >= 4 is 15.9 Å². The predicted molar refractivity (Wildman–Crippen MR) is 63.9 cm³/mol. The lowest BCUT2D eigenvalue weighted by Gasteiger charge is -2.22. The van der Waals surface area contributed by atoms with E-state index in [-0.39, 0.29) is 0 Å². The van der Waals surface area contributed by atoms with Crippen LogP contribution in [0.15, 0.2) is 0 Å². The molecule has 0 bridgehead atoms. The number of nitrogens with zero attached hydrogens (tertiary/aromatic N) is 1. The number of hydrogen-bond donors (Lipinski definition) is 1. The van der Waals surface area contributed by atoms with Crippen LogP contribution in [0.3, 0.4) is 0 Å². The lowest BCUT2D eigenvalue weighted by atomic mass is 10.1. The van der Waals surface area contributed by atoms with Gasteiger partial charge in [0.05, 0.1) is 6.61 Å². The Morgan fingerprint density at radius 1 is 1.36 bits per heavy atom. The highest BCUT2D eigenvalue weighted by atomic mass is 79.9. The van der Waals surface area contributed by atoms with Gasteiger partial charge in [0.1, 0.15) is 0 Å². The van der Waals surface area contributed by atoms with Crippen LogP contribution in [0.5, 0.6) is 0 Å². The van der Waals surface area contributed by atoms with Crippen molar-refractivity contribution in [3.05, 3.63) is 0 Å². The van der Waals surface area contributed by atoms with Crippen LogP contribution in [0.25, 0.3) is 0 Å². The number of aliphatic hydroxyl groups excluding tert-OH is 1. The monoisotopic (exact) mass is 263 g/mol. The molecule has 0 aliphatic heterocycles. The fraction of sp³-hybridized carbons (Fsp3) is 1.00. The van der Waals surface area contributed by atoms with Crippen LogP contribution in [0, 0.1) is 5.92 Å². The summed E-state index contributed by atoms with van der Waals surface area (Å²) in [7, 11) is 0. The molecular weight excluding hydrogens is 242 g/mol. The molecule has 1 aliphatic carbocycles. The van der Waals surface area contributed by atoms with Gasteiger partial charge in [0.2, 0.25) is 0 Å². The highest BCUT2D eigenvalue weighted by Crippen LogP contribution is 2.27. The van der Waals surface area contributed by atoms with E-state index in [1.807, 2.05) is 0 Å². The Labute approximate surface area is 95.8 Å². The zero-order valence-corrected chi connectivity index (χ0v) is 10.7. The molecule has 0 aromatic heterocycles. The Hall–Kier alpha value is 0.400. The first kappa shape index (κ1) is 12.5. The van der Waals surface area contributed by atoms with Gasteiger partial charge in [-0.15, -0.1) is 0 Å². The second-order valence-electron chi connectivity index (χ2n) is 4.36. The Morgan fingerprint density at radius 3 is 2.57 bits per heavy atom. The van der Waals surface area contributed by atoms with Gasteiger partial charge in [0.15, 0.2) is 0 Å². The Bertz CT molecular complexity index is 150. The Kier molecular flexibility index (Phi) is 6.06. The molecule has 14 heavy (non-hydrogen) atoms. The third-order valence-corrected chi connectivity index (χ3v) is 3.42. The minimum Gasteiger partial charge on any atom is -0.395 e. The molecule has 0 spiro atoms. The molecule has 0 aromatic carbocycles. The van der Waals surface area contributed by atoms with E-state index in [1.54, 1.807) is 0 Å². The zero-order valence-electron chi connectivity index (χ0n) is 9.08. The summed E-state index contributed by atoms with van der Waals surface area (Å²) in [6.45, 7) is 4.65. The second-order valence-corrected chi connectivity index (χ2v) is 5.16.